The third-order valence-corrected chi connectivity index (χ3v) is 5.02. The van der Waals surface area contributed by atoms with E-state index in [9.17, 15) is 19.5 Å². The quantitative estimate of drug-likeness (QED) is 0.785. The van der Waals surface area contributed by atoms with E-state index in [4.69, 9.17) is 4.74 Å². The lowest BCUT2D eigenvalue weighted by Gasteiger charge is -2.33. The van der Waals surface area contributed by atoms with Crippen LogP contribution in [-0.2, 0) is 19.1 Å². The summed E-state index contributed by atoms with van der Waals surface area (Å²) in [5.41, 5.74) is -0.205. The highest BCUT2D eigenvalue weighted by molar-refractivity contribution is 5.90. The Kier molecular flexibility index (Phi) is 5.69. The average Bonchev–Trinajstić information content (AvgIpc) is 2.91. The summed E-state index contributed by atoms with van der Waals surface area (Å²) in [7, 11) is 1.23. The molecule has 0 radical (unpaired) electrons. The maximum atomic E-state index is 12.9. The highest BCUT2D eigenvalue weighted by Gasteiger charge is 2.50. The Morgan fingerprint density at radius 3 is 2.42 bits per heavy atom. The topological polar surface area (TPSA) is 105 Å². The SMILES string of the molecule is COC(=O)NC(C(=O)N1CC2(CCOCC2)CC1C(=O)O)C(C)C. The zero-order valence-electron chi connectivity index (χ0n) is 14.4. The molecule has 8 nitrogen and oxygen atoms in total. The van der Waals surface area contributed by atoms with Crippen LogP contribution in [0.4, 0.5) is 4.79 Å². The number of aliphatic carboxylic acids is 1. The van der Waals surface area contributed by atoms with Crippen molar-refractivity contribution in [1.82, 2.24) is 10.2 Å². The molecule has 2 N–H and O–H groups in total. The Labute approximate surface area is 141 Å². The lowest BCUT2D eigenvalue weighted by molar-refractivity contribution is -0.149. The highest BCUT2D eigenvalue weighted by Crippen LogP contribution is 2.43. The fourth-order valence-electron chi connectivity index (χ4n) is 3.55. The van der Waals surface area contributed by atoms with E-state index < -0.39 is 24.1 Å². The fourth-order valence-corrected chi connectivity index (χ4v) is 3.55. The van der Waals surface area contributed by atoms with Crippen molar-refractivity contribution in [1.29, 1.82) is 0 Å². The molecule has 24 heavy (non-hydrogen) atoms. The first-order valence-corrected chi connectivity index (χ1v) is 8.25. The molecule has 2 aliphatic heterocycles. The molecule has 1 spiro atoms. The van der Waals surface area contributed by atoms with Crippen LogP contribution >= 0.6 is 0 Å². The molecule has 2 atom stereocenters. The molecule has 0 aromatic rings. The van der Waals surface area contributed by atoms with E-state index in [0.29, 0.717) is 26.2 Å². The minimum atomic E-state index is -1.01. The van der Waals surface area contributed by atoms with Crippen LogP contribution in [0.1, 0.15) is 33.1 Å². The average molecular weight is 342 g/mol. The van der Waals surface area contributed by atoms with Crippen molar-refractivity contribution in [2.24, 2.45) is 11.3 Å². The monoisotopic (exact) mass is 342 g/mol. The number of rotatable bonds is 4. The number of likely N-dealkylation sites (tertiary alicyclic amines) is 1. The van der Waals surface area contributed by atoms with Gasteiger partial charge in [0.1, 0.15) is 12.1 Å². The van der Waals surface area contributed by atoms with Crippen molar-refractivity contribution in [3.05, 3.63) is 0 Å². The summed E-state index contributed by atoms with van der Waals surface area (Å²) in [6, 6.07) is -1.68. The zero-order valence-corrected chi connectivity index (χ0v) is 14.4. The summed E-state index contributed by atoms with van der Waals surface area (Å²) in [6.07, 6.45) is 1.23. The molecular formula is C16H26N2O6. The van der Waals surface area contributed by atoms with Gasteiger partial charge in [-0.15, -0.1) is 0 Å². The van der Waals surface area contributed by atoms with Crippen molar-refractivity contribution in [3.8, 4) is 0 Å². The van der Waals surface area contributed by atoms with Crippen LogP contribution in [0.3, 0.4) is 0 Å². The minimum Gasteiger partial charge on any atom is -0.480 e. The summed E-state index contributed by atoms with van der Waals surface area (Å²) < 4.78 is 9.95. The number of carboxylic acid groups (broad SMARTS) is 1. The van der Waals surface area contributed by atoms with Crippen LogP contribution in [0.25, 0.3) is 0 Å². The van der Waals surface area contributed by atoms with Crippen LogP contribution in [-0.4, -0.2) is 66.9 Å². The number of hydrogen-bond acceptors (Lipinski definition) is 5. The number of carbonyl (C=O) groups is 3. The standard InChI is InChI=1S/C16H26N2O6/c1-10(2)12(17-15(22)23-3)13(19)18-9-16(4-6-24-7-5-16)8-11(18)14(20)21/h10-12H,4-9H2,1-3H3,(H,17,22)(H,20,21). The second-order valence-electron chi connectivity index (χ2n) is 6.99. The van der Waals surface area contributed by atoms with Gasteiger partial charge in [-0.1, -0.05) is 13.8 Å². The molecule has 136 valence electrons. The molecule has 0 aromatic heterocycles. The largest absolute Gasteiger partial charge is 0.480 e. The van der Waals surface area contributed by atoms with Gasteiger partial charge in [-0.25, -0.2) is 9.59 Å². The number of carboxylic acids is 1. The van der Waals surface area contributed by atoms with Gasteiger partial charge in [0.2, 0.25) is 5.91 Å². The number of carbonyl (C=O) groups excluding carboxylic acids is 2. The summed E-state index contributed by atoms with van der Waals surface area (Å²) in [4.78, 5) is 37.5. The van der Waals surface area contributed by atoms with Crippen molar-refractivity contribution >= 4 is 18.0 Å². The van der Waals surface area contributed by atoms with Crippen molar-refractivity contribution in [3.63, 3.8) is 0 Å². The Bertz CT molecular complexity index is 501. The molecule has 2 aliphatic rings. The van der Waals surface area contributed by atoms with Gasteiger partial charge in [0, 0.05) is 19.8 Å². The highest BCUT2D eigenvalue weighted by atomic mass is 16.5. The maximum absolute atomic E-state index is 12.9. The third-order valence-electron chi connectivity index (χ3n) is 5.02. The van der Waals surface area contributed by atoms with E-state index in [2.05, 4.69) is 10.1 Å². The zero-order chi connectivity index (χ0) is 17.9. The van der Waals surface area contributed by atoms with Gasteiger partial charge in [0.15, 0.2) is 0 Å². The van der Waals surface area contributed by atoms with Crippen LogP contribution in [0.15, 0.2) is 0 Å². The van der Waals surface area contributed by atoms with E-state index >= 15 is 0 Å². The summed E-state index contributed by atoms with van der Waals surface area (Å²) >= 11 is 0. The van der Waals surface area contributed by atoms with Gasteiger partial charge >= 0.3 is 12.1 Å². The van der Waals surface area contributed by atoms with Gasteiger partial charge < -0.3 is 24.8 Å². The van der Waals surface area contributed by atoms with Crippen LogP contribution in [0, 0.1) is 11.3 Å². The smallest absolute Gasteiger partial charge is 0.407 e. The third kappa shape index (κ3) is 3.80. The van der Waals surface area contributed by atoms with Crippen molar-refractivity contribution < 1.29 is 29.0 Å². The van der Waals surface area contributed by atoms with Crippen molar-refractivity contribution in [2.45, 2.75) is 45.2 Å². The van der Waals surface area contributed by atoms with E-state index in [1.54, 1.807) is 13.8 Å². The molecule has 2 unspecified atom stereocenters. The lowest BCUT2D eigenvalue weighted by Crippen LogP contribution is -2.54. The van der Waals surface area contributed by atoms with E-state index in [-0.39, 0.29) is 17.2 Å². The first-order chi connectivity index (χ1) is 11.3. The van der Waals surface area contributed by atoms with E-state index in [1.165, 1.54) is 12.0 Å². The predicted molar refractivity (Wildman–Crippen MR) is 84.4 cm³/mol. The van der Waals surface area contributed by atoms with Crippen LogP contribution < -0.4 is 5.32 Å². The number of alkyl carbamates (subject to hydrolysis) is 1. The molecule has 2 amide bonds. The minimum absolute atomic E-state index is 0.183. The van der Waals surface area contributed by atoms with Crippen LogP contribution in [0.5, 0.6) is 0 Å². The van der Waals surface area contributed by atoms with Gasteiger partial charge in [-0.05, 0) is 30.6 Å². The number of nitrogens with one attached hydrogen (secondary N) is 1. The molecule has 0 saturated carbocycles. The first kappa shape index (κ1) is 18.5. The van der Waals surface area contributed by atoms with Gasteiger partial charge in [0.05, 0.1) is 7.11 Å². The van der Waals surface area contributed by atoms with E-state index in [0.717, 1.165) is 12.8 Å². The fraction of sp³-hybridized carbons (Fsp3) is 0.812. The van der Waals surface area contributed by atoms with Crippen LogP contribution in [0.2, 0.25) is 0 Å². The number of nitrogens with zero attached hydrogens (tertiary/aromatic N) is 1. The number of methoxy groups -OCH3 is 1. The molecule has 2 rings (SSSR count). The molecule has 0 aliphatic carbocycles. The Morgan fingerprint density at radius 1 is 1.29 bits per heavy atom. The lowest BCUT2D eigenvalue weighted by atomic mass is 9.78. The molecule has 0 aromatic carbocycles. The molecule has 2 heterocycles. The molecule has 2 saturated heterocycles. The Hall–Kier alpha value is -1.83. The number of hydrogen-bond donors (Lipinski definition) is 2. The second kappa shape index (κ2) is 7.38. The first-order valence-electron chi connectivity index (χ1n) is 8.25. The number of amides is 2. The number of ether oxygens (including phenoxy) is 2. The maximum Gasteiger partial charge on any atom is 0.407 e. The van der Waals surface area contributed by atoms with Crippen molar-refractivity contribution in [2.75, 3.05) is 26.9 Å². The second-order valence-corrected chi connectivity index (χ2v) is 6.99. The van der Waals surface area contributed by atoms with Gasteiger partial charge in [0.25, 0.3) is 0 Å². The van der Waals surface area contributed by atoms with E-state index in [1.807, 2.05) is 0 Å². The van der Waals surface area contributed by atoms with Gasteiger partial charge in [-0.2, -0.15) is 0 Å². The summed E-state index contributed by atoms with van der Waals surface area (Å²) in [5, 5.41) is 12.1. The predicted octanol–water partition coefficient (Wildman–Crippen LogP) is 0.849. The molecule has 2 fully saturated rings. The molecular weight excluding hydrogens is 316 g/mol. The summed E-state index contributed by atoms with van der Waals surface area (Å²) in [6.45, 7) is 5.16. The van der Waals surface area contributed by atoms with Gasteiger partial charge in [-0.3, -0.25) is 4.79 Å². The normalized spacial score (nSPS) is 24.0. The Morgan fingerprint density at radius 2 is 1.92 bits per heavy atom. The molecule has 8 heteroatoms. The molecule has 0 bridgehead atoms. The Balaban J connectivity index is 2.20. The summed E-state index contributed by atoms with van der Waals surface area (Å²) in [5.74, 6) is -1.56.